The average molecular weight is 411 g/mol. The Balaban J connectivity index is 1.34. The topological polar surface area (TPSA) is 83.0 Å². The van der Waals surface area contributed by atoms with Crippen LogP contribution < -0.4 is 5.43 Å². The molecule has 0 saturated heterocycles. The molecular formula is C19H14FN5OS2. The van der Waals surface area contributed by atoms with E-state index >= 15 is 0 Å². The zero-order valence-corrected chi connectivity index (χ0v) is 16.1. The Morgan fingerprint density at radius 3 is 2.89 bits per heavy atom. The van der Waals surface area contributed by atoms with Gasteiger partial charge in [0.05, 0.1) is 34.1 Å². The molecule has 2 N–H and O–H groups in total. The first-order chi connectivity index (χ1) is 13.7. The first-order valence-electron chi connectivity index (χ1n) is 8.28. The number of nitrogens with zero attached hydrogens (tertiary/aromatic N) is 3. The molecule has 0 radical (unpaired) electrons. The molecule has 28 heavy (non-hydrogen) atoms. The van der Waals surface area contributed by atoms with E-state index in [1.165, 1.54) is 30.1 Å². The zero-order chi connectivity index (χ0) is 19.3. The highest BCUT2D eigenvalue weighted by molar-refractivity contribution is 8.01. The monoisotopic (exact) mass is 411 g/mol. The van der Waals surface area contributed by atoms with Gasteiger partial charge >= 0.3 is 0 Å². The number of hydrogen-bond acceptors (Lipinski definition) is 6. The third kappa shape index (κ3) is 4.26. The lowest BCUT2D eigenvalue weighted by molar-refractivity contribution is -0.118. The number of fused-ring (bicyclic) bond motifs is 1. The smallest absolute Gasteiger partial charge is 0.250 e. The summed E-state index contributed by atoms with van der Waals surface area (Å²) in [5, 5.41) is 10.8. The molecule has 0 aliphatic carbocycles. The molecule has 0 bridgehead atoms. The fourth-order valence-corrected chi connectivity index (χ4v) is 4.35. The Kier molecular flexibility index (Phi) is 5.45. The standard InChI is InChI=1S/C19H14FN5OS2/c20-14-7-5-12(6-8-14)18-13(10-22-25-18)9-21-24-17(26)11-27-19-23-15-3-1-2-4-16(15)28-19/h1-10H,11H2,(H,22,25)(H,24,26)/b21-9-. The number of benzene rings is 2. The van der Waals surface area contributed by atoms with Gasteiger partial charge in [0.2, 0.25) is 0 Å². The van der Waals surface area contributed by atoms with Crippen LogP contribution in [0.3, 0.4) is 0 Å². The number of hydrogen-bond donors (Lipinski definition) is 2. The Morgan fingerprint density at radius 1 is 1.25 bits per heavy atom. The second-order valence-electron chi connectivity index (χ2n) is 5.74. The van der Waals surface area contributed by atoms with Crippen LogP contribution in [0.5, 0.6) is 0 Å². The maximum absolute atomic E-state index is 13.1. The first kappa shape index (κ1) is 18.3. The third-order valence-electron chi connectivity index (χ3n) is 3.80. The molecule has 0 unspecified atom stereocenters. The van der Waals surface area contributed by atoms with E-state index in [1.54, 1.807) is 29.7 Å². The van der Waals surface area contributed by atoms with Crippen LogP contribution in [-0.2, 0) is 4.79 Å². The van der Waals surface area contributed by atoms with Crippen molar-refractivity contribution in [3.8, 4) is 11.3 Å². The number of aromatic amines is 1. The summed E-state index contributed by atoms with van der Waals surface area (Å²) in [6.45, 7) is 0. The van der Waals surface area contributed by atoms with Crippen LogP contribution in [0.15, 0.2) is 64.2 Å². The molecule has 2 heterocycles. The number of H-pyrrole nitrogens is 1. The number of para-hydroxylation sites is 1. The Hall–Kier alpha value is -3.04. The van der Waals surface area contributed by atoms with E-state index in [9.17, 15) is 9.18 Å². The number of hydrazone groups is 1. The molecule has 1 amide bonds. The first-order valence-corrected chi connectivity index (χ1v) is 10.1. The fourth-order valence-electron chi connectivity index (χ4n) is 2.49. The Bertz CT molecular complexity index is 1100. The Labute approximate surface area is 167 Å². The van der Waals surface area contributed by atoms with Crippen molar-refractivity contribution in [2.24, 2.45) is 5.10 Å². The number of thiazole rings is 1. The maximum atomic E-state index is 13.1. The summed E-state index contributed by atoms with van der Waals surface area (Å²) >= 11 is 2.93. The van der Waals surface area contributed by atoms with Crippen LogP contribution in [0.25, 0.3) is 21.5 Å². The quantitative estimate of drug-likeness (QED) is 0.285. The molecule has 0 fully saturated rings. The number of carbonyl (C=O) groups excluding carboxylic acids is 1. The summed E-state index contributed by atoms with van der Waals surface area (Å²) in [7, 11) is 0. The molecule has 140 valence electrons. The van der Waals surface area contributed by atoms with Crippen molar-refractivity contribution >= 4 is 45.4 Å². The van der Waals surface area contributed by atoms with E-state index in [2.05, 4.69) is 25.7 Å². The molecule has 0 spiro atoms. The van der Waals surface area contributed by atoms with Crippen LogP contribution in [0.4, 0.5) is 4.39 Å². The van der Waals surface area contributed by atoms with Gasteiger partial charge in [-0.15, -0.1) is 11.3 Å². The van der Waals surface area contributed by atoms with Crippen molar-refractivity contribution in [3.05, 3.63) is 66.1 Å². The number of amides is 1. The zero-order valence-electron chi connectivity index (χ0n) is 14.4. The van der Waals surface area contributed by atoms with Crippen molar-refractivity contribution in [3.63, 3.8) is 0 Å². The van der Waals surface area contributed by atoms with Gasteiger partial charge in [-0.3, -0.25) is 9.89 Å². The fraction of sp³-hybridized carbons (Fsp3) is 0.0526. The van der Waals surface area contributed by atoms with Gasteiger partial charge in [0, 0.05) is 11.1 Å². The number of halogens is 1. The van der Waals surface area contributed by atoms with Crippen LogP contribution in [0, 0.1) is 5.82 Å². The predicted octanol–water partition coefficient (Wildman–Crippen LogP) is 4.07. The summed E-state index contributed by atoms with van der Waals surface area (Å²) in [6, 6.07) is 13.9. The van der Waals surface area contributed by atoms with Gasteiger partial charge in [-0.05, 0) is 36.4 Å². The number of aromatic nitrogens is 3. The van der Waals surface area contributed by atoms with E-state index in [0.29, 0.717) is 11.3 Å². The average Bonchev–Trinajstić information content (AvgIpc) is 3.33. The molecular weight excluding hydrogens is 397 g/mol. The predicted molar refractivity (Wildman–Crippen MR) is 110 cm³/mol. The summed E-state index contributed by atoms with van der Waals surface area (Å²) in [6.07, 6.45) is 3.09. The second kappa shape index (κ2) is 8.32. The minimum absolute atomic E-state index is 0.216. The molecule has 4 rings (SSSR count). The molecule has 2 aromatic carbocycles. The van der Waals surface area contributed by atoms with E-state index in [1.807, 2.05) is 24.3 Å². The lowest BCUT2D eigenvalue weighted by Gasteiger charge is -2.00. The summed E-state index contributed by atoms with van der Waals surface area (Å²) < 4.78 is 15.0. The molecule has 0 saturated carbocycles. The van der Waals surface area contributed by atoms with E-state index in [4.69, 9.17) is 0 Å². The minimum atomic E-state index is -0.309. The van der Waals surface area contributed by atoms with Gasteiger partial charge in [0.15, 0.2) is 4.34 Å². The van der Waals surface area contributed by atoms with Crippen LogP contribution in [-0.4, -0.2) is 33.1 Å². The van der Waals surface area contributed by atoms with Crippen LogP contribution in [0.2, 0.25) is 0 Å². The van der Waals surface area contributed by atoms with Crippen molar-refractivity contribution in [2.75, 3.05) is 5.75 Å². The minimum Gasteiger partial charge on any atom is -0.277 e. The molecule has 0 aliphatic rings. The van der Waals surface area contributed by atoms with Gasteiger partial charge in [-0.2, -0.15) is 10.2 Å². The van der Waals surface area contributed by atoms with E-state index in [-0.39, 0.29) is 17.5 Å². The second-order valence-corrected chi connectivity index (χ2v) is 7.99. The summed E-state index contributed by atoms with van der Waals surface area (Å²) in [5.74, 6) is -0.323. The van der Waals surface area contributed by atoms with Crippen LogP contribution >= 0.6 is 23.1 Å². The summed E-state index contributed by atoms with van der Waals surface area (Å²) in [4.78, 5) is 16.5. The van der Waals surface area contributed by atoms with E-state index < -0.39 is 0 Å². The highest BCUT2D eigenvalue weighted by Gasteiger charge is 2.08. The largest absolute Gasteiger partial charge is 0.277 e. The lowest BCUT2D eigenvalue weighted by atomic mass is 10.1. The molecule has 4 aromatic rings. The number of thioether (sulfide) groups is 1. The Morgan fingerprint density at radius 2 is 2.07 bits per heavy atom. The van der Waals surface area contributed by atoms with Gasteiger partial charge in [0.25, 0.3) is 5.91 Å². The number of rotatable bonds is 6. The molecule has 9 heteroatoms. The number of carbonyl (C=O) groups is 1. The SMILES string of the molecule is O=C(CSc1nc2ccccc2s1)N/N=C\c1cn[nH]c1-c1ccc(F)cc1. The maximum Gasteiger partial charge on any atom is 0.250 e. The van der Waals surface area contributed by atoms with Crippen LogP contribution in [0.1, 0.15) is 5.56 Å². The highest BCUT2D eigenvalue weighted by Crippen LogP contribution is 2.29. The molecule has 2 aromatic heterocycles. The van der Waals surface area contributed by atoms with E-state index in [0.717, 1.165) is 20.1 Å². The van der Waals surface area contributed by atoms with Gasteiger partial charge in [-0.25, -0.2) is 14.8 Å². The van der Waals surface area contributed by atoms with Crippen molar-refractivity contribution in [2.45, 2.75) is 4.34 Å². The number of nitrogens with one attached hydrogen (secondary N) is 2. The summed E-state index contributed by atoms with van der Waals surface area (Å²) in [5.41, 5.74) is 5.59. The van der Waals surface area contributed by atoms with Crippen molar-refractivity contribution in [1.82, 2.24) is 20.6 Å². The highest BCUT2D eigenvalue weighted by atomic mass is 32.2. The normalized spacial score (nSPS) is 11.3. The molecule has 0 atom stereocenters. The third-order valence-corrected chi connectivity index (χ3v) is 5.97. The van der Waals surface area contributed by atoms with Crippen molar-refractivity contribution in [1.29, 1.82) is 0 Å². The van der Waals surface area contributed by atoms with Crippen molar-refractivity contribution < 1.29 is 9.18 Å². The van der Waals surface area contributed by atoms with Gasteiger partial charge in [0.1, 0.15) is 5.82 Å². The van der Waals surface area contributed by atoms with Gasteiger partial charge < -0.3 is 0 Å². The molecule has 0 aliphatic heterocycles. The molecule has 6 nitrogen and oxygen atoms in total. The van der Waals surface area contributed by atoms with Gasteiger partial charge in [-0.1, -0.05) is 23.9 Å². The lowest BCUT2D eigenvalue weighted by Crippen LogP contribution is -2.19.